The van der Waals surface area contributed by atoms with Crippen molar-refractivity contribution in [1.29, 1.82) is 0 Å². The lowest BCUT2D eigenvalue weighted by Gasteiger charge is -2.05. The number of carbonyl (C=O) groups is 1. The minimum Gasteiger partial charge on any atom is -0.356 e. The Labute approximate surface area is 114 Å². The van der Waals surface area contributed by atoms with Crippen molar-refractivity contribution in [3.8, 4) is 0 Å². The summed E-state index contributed by atoms with van der Waals surface area (Å²) in [6, 6.07) is 8.54. The molecule has 0 fully saturated rings. The molecule has 0 aliphatic heterocycles. The molecule has 1 rings (SSSR count). The van der Waals surface area contributed by atoms with Gasteiger partial charge in [0.05, 0.1) is 0 Å². The van der Waals surface area contributed by atoms with Gasteiger partial charge in [-0.05, 0) is 42.8 Å². The number of amides is 1. The Morgan fingerprint density at radius 2 is 2.06 bits per heavy atom. The van der Waals surface area contributed by atoms with Gasteiger partial charge >= 0.3 is 0 Å². The average molecular weight is 266 g/mol. The fourth-order valence-electron chi connectivity index (χ4n) is 1.62. The molecule has 1 aromatic carbocycles. The van der Waals surface area contributed by atoms with E-state index < -0.39 is 0 Å². The first kappa shape index (κ1) is 15.1. The largest absolute Gasteiger partial charge is 0.356 e. The van der Waals surface area contributed by atoms with Gasteiger partial charge in [0.2, 0.25) is 5.91 Å². The lowest BCUT2D eigenvalue weighted by Crippen LogP contribution is -2.25. The predicted molar refractivity (Wildman–Crippen MR) is 77.8 cm³/mol. The summed E-state index contributed by atoms with van der Waals surface area (Å²) in [6.45, 7) is 3.42. The SMILES string of the molecule is CCSc1ccc(CCNC(=O)CCCN)cc1. The Bertz CT molecular complexity index is 351. The Morgan fingerprint density at radius 3 is 2.67 bits per heavy atom. The van der Waals surface area contributed by atoms with Crippen molar-refractivity contribution in [2.45, 2.75) is 31.1 Å². The maximum atomic E-state index is 11.4. The number of thioether (sulfide) groups is 1. The number of carbonyl (C=O) groups excluding carboxylic acids is 1. The van der Waals surface area contributed by atoms with Gasteiger partial charge in [0.1, 0.15) is 0 Å². The van der Waals surface area contributed by atoms with Crippen LogP contribution >= 0.6 is 11.8 Å². The van der Waals surface area contributed by atoms with Gasteiger partial charge in [-0.1, -0.05) is 19.1 Å². The Morgan fingerprint density at radius 1 is 1.33 bits per heavy atom. The molecular formula is C14H22N2OS. The van der Waals surface area contributed by atoms with Gasteiger partial charge in [-0.2, -0.15) is 0 Å². The summed E-state index contributed by atoms with van der Waals surface area (Å²) in [7, 11) is 0. The summed E-state index contributed by atoms with van der Waals surface area (Å²) >= 11 is 1.84. The zero-order valence-electron chi connectivity index (χ0n) is 10.9. The van der Waals surface area contributed by atoms with Crippen LogP contribution in [0.1, 0.15) is 25.3 Å². The fourth-order valence-corrected chi connectivity index (χ4v) is 2.28. The quantitative estimate of drug-likeness (QED) is 0.709. The lowest BCUT2D eigenvalue weighted by atomic mass is 10.1. The van der Waals surface area contributed by atoms with Crippen LogP contribution in [0.5, 0.6) is 0 Å². The third-order valence-electron chi connectivity index (χ3n) is 2.58. The van der Waals surface area contributed by atoms with Crippen LogP contribution in [-0.4, -0.2) is 24.7 Å². The molecule has 0 aliphatic carbocycles. The van der Waals surface area contributed by atoms with E-state index in [4.69, 9.17) is 5.73 Å². The molecule has 0 saturated heterocycles. The first-order chi connectivity index (χ1) is 8.76. The number of hydrogen-bond acceptors (Lipinski definition) is 3. The molecule has 0 atom stereocenters. The molecule has 4 heteroatoms. The van der Waals surface area contributed by atoms with Gasteiger partial charge in [0, 0.05) is 17.9 Å². The number of benzene rings is 1. The molecule has 1 amide bonds. The second-order valence-electron chi connectivity index (χ2n) is 4.07. The third kappa shape index (κ3) is 6.07. The van der Waals surface area contributed by atoms with E-state index in [0.717, 1.165) is 18.6 Å². The summed E-state index contributed by atoms with van der Waals surface area (Å²) in [5.74, 6) is 1.19. The van der Waals surface area contributed by atoms with E-state index in [0.29, 0.717) is 19.5 Å². The van der Waals surface area contributed by atoms with E-state index in [1.165, 1.54) is 10.5 Å². The topological polar surface area (TPSA) is 55.1 Å². The van der Waals surface area contributed by atoms with Crippen molar-refractivity contribution >= 4 is 17.7 Å². The Kier molecular flexibility index (Phi) is 7.53. The molecule has 0 radical (unpaired) electrons. The van der Waals surface area contributed by atoms with Crippen molar-refractivity contribution in [2.24, 2.45) is 5.73 Å². The van der Waals surface area contributed by atoms with Crippen molar-refractivity contribution in [2.75, 3.05) is 18.8 Å². The van der Waals surface area contributed by atoms with Crippen LogP contribution in [0.15, 0.2) is 29.2 Å². The van der Waals surface area contributed by atoms with Crippen molar-refractivity contribution < 1.29 is 4.79 Å². The molecule has 0 unspecified atom stereocenters. The standard InChI is InChI=1S/C14H22N2OS/c1-2-18-13-7-5-12(6-8-13)9-11-16-14(17)4-3-10-15/h5-8H,2-4,9-11,15H2,1H3,(H,16,17). The van der Waals surface area contributed by atoms with Crippen LogP contribution in [0.25, 0.3) is 0 Å². The third-order valence-corrected chi connectivity index (χ3v) is 3.47. The van der Waals surface area contributed by atoms with Crippen molar-refractivity contribution in [3.05, 3.63) is 29.8 Å². The van der Waals surface area contributed by atoms with Gasteiger partial charge in [0.25, 0.3) is 0 Å². The van der Waals surface area contributed by atoms with Gasteiger partial charge < -0.3 is 11.1 Å². The average Bonchev–Trinajstić information content (AvgIpc) is 2.39. The van der Waals surface area contributed by atoms with E-state index in [-0.39, 0.29) is 5.91 Å². The van der Waals surface area contributed by atoms with Gasteiger partial charge in [-0.25, -0.2) is 0 Å². The highest BCUT2D eigenvalue weighted by Gasteiger charge is 2.00. The second kappa shape index (κ2) is 9.00. The molecule has 0 bridgehead atoms. The highest BCUT2D eigenvalue weighted by atomic mass is 32.2. The normalized spacial score (nSPS) is 10.3. The fraction of sp³-hybridized carbons (Fsp3) is 0.500. The molecule has 0 aliphatic rings. The van der Waals surface area contributed by atoms with Crippen LogP contribution in [-0.2, 0) is 11.2 Å². The number of nitrogens with one attached hydrogen (secondary N) is 1. The molecule has 100 valence electrons. The van der Waals surface area contributed by atoms with E-state index in [1.54, 1.807) is 0 Å². The molecule has 1 aromatic rings. The summed E-state index contributed by atoms with van der Waals surface area (Å²) < 4.78 is 0. The zero-order chi connectivity index (χ0) is 13.2. The number of nitrogens with two attached hydrogens (primary N) is 1. The van der Waals surface area contributed by atoms with Crippen LogP contribution in [0.4, 0.5) is 0 Å². The smallest absolute Gasteiger partial charge is 0.220 e. The van der Waals surface area contributed by atoms with Crippen LogP contribution < -0.4 is 11.1 Å². The monoisotopic (exact) mass is 266 g/mol. The van der Waals surface area contributed by atoms with Gasteiger partial charge in [-0.15, -0.1) is 11.8 Å². The molecular weight excluding hydrogens is 244 g/mol. The van der Waals surface area contributed by atoms with E-state index >= 15 is 0 Å². The predicted octanol–water partition coefficient (Wildman–Crippen LogP) is 2.20. The van der Waals surface area contributed by atoms with Crippen LogP contribution in [0.3, 0.4) is 0 Å². The van der Waals surface area contributed by atoms with E-state index in [2.05, 4.69) is 36.5 Å². The Balaban J connectivity index is 2.24. The lowest BCUT2D eigenvalue weighted by molar-refractivity contribution is -0.121. The molecule has 3 nitrogen and oxygen atoms in total. The summed E-state index contributed by atoms with van der Waals surface area (Å²) in [5, 5.41) is 2.91. The number of hydrogen-bond donors (Lipinski definition) is 2. The second-order valence-corrected chi connectivity index (χ2v) is 5.41. The van der Waals surface area contributed by atoms with Crippen LogP contribution in [0, 0.1) is 0 Å². The van der Waals surface area contributed by atoms with Crippen LogP contribution in [0.2, 0.25) is 0 Å². The zero-order valence-corrected chi connectivity index (χ0v) is 11.8. The summed E-state index contributed by atoms with van der Waals surface area (Å²) in [4.78, 5) is 12.7. The minimum atomic E-state index is 0.0959. The highest BCUT2D eigenvalue weighted by Crippen LogP contribution is 2.17. The maximum absolute atomic E-state index is 11.4. The molecule has 3 N–H and O–H groups in total. The molecule has 18 heavy (non-hydrogen) atoms. The molecule has 0 spiro atoms. The summed E-state index contributed by atoms with van der Waals surface area (Å²) in [6.07, 6.45) is 2.17. The van der Waals surface area contributed by atoms with Crippen molar-refractivity contribution in [1.82, 2.24) is 5.32 Å². The minimum absolute atomic E-state index is 0.0959. The Hall–Kier alpha value is -1.00. The molecule has 0 saturated carbocycles. The molecule has 0 aromatic heterocycles. The number of rotatable bonds is 8. The summed E-state index contributed by atoms with van der Waals surface area (Å²) in [5.41, 5.74) is 6.61. The van der Waals surface area contributed by atoms with Gasteiger partial charge in [-0.3, -0.25) is 4.79 Å². The first-order valence-corrected chi connectivity index (χ1v) is 7.43. The molecule has 0 heterocycles. The first-order valence-electron chi connectivity index (χ1n) is 6.44. The van der Waals surface area contributed by atoms with E-state index in [9.17, 15) is 4.79 Å². The maximum Gasteiger partial charge on any atom is 0.220 e. The van der Waals surface area contributed by atoms with E-state index in [1.807, 2.05) is 11.8 Å². The van der Waals surface area contributed by atoms with Crippen molar-refractivity contribution in [3.63, 3.8) is 0 Å². The highest BCUT2D eigenvalue weighted by molar-refractivity contribution is 7.99. The van der Waals surface area contributed by atoms with Gasteiger partial charge in [0.15, 0.2) is 0 Å².